The molecule has 9 nitrogen and oxygen atoms in total. The van der Waals surface area contributed by atoms with Crippen LogP contribution in [0, 0.1) is 28.6 Å². The summed E-state index contributed by atoms with van der Waals surface area (Å²) in [5.41, 5.74) is 3.95. The van der Waals surface area contributed by atoms with Crippen molar-refractivity contribution in [2.45, 2.75) is 37.6 Å². The van der Waals surface area contributed by atoms with E-state index in [1.165, 1.54) is 0 Å². The summed E-state index contributed by atoms with van der Waals surface area (Å²) in [7, 11) is 1.87. The van der Waals surface area contributed by atoms with E-state index in [2.05, 4.69) is 27.4 Å². The summed E-state index contributed by atoms with van der Waals surface area (Å²) in [5.74, 6) is 0.467. The Bertz CT molecular complexity index is 1320. The average Bonchev–Trinajstić information content (AvgIpc) is 3.49. The van der Waals surface area contributed by atoms with Crippen LogP contribution in [-0.2, 0) is 12.6 Å². The van der Waals surface area contributed by atoms with E-state index in [0.29, 0.717) is 18.8 Å². The SMILES string of the molecule is Cn1cc(-c2cn3nccc3c(-c3cnn([C@]4(CC#N)C[C@@H](CCC#N)C4)c3)n2)cn1. The average molecular weight is 411 g/mol. The molecular formula is C22H21N9. The molecular weight excluding hydrogens is 390 g/mol. The molecule has 0 saturated heterocycles. The molecule has 1 aliphatic carbocycles. The van der Waals surface area contributed by atoms with Crippen LogP contribution in [0.5, 0.6) is 0 Å². The quantitative estimate of drug-likeness (QED) is 0.481. The first kappa shape index (κ1) is 19.0. The second-order valence-corrected chi connectivity index (χ2v) is 8.24. The predicted octanol–water partition coefficient (Wildman–Crippen LogP) is 3.32. The fraction of sp³-hybridized carbons (Fsp3) is 0.364. The van der Waals surface area contributed by atoms with Gasteiger partial charge in [0.05, 0.1) is 65.8 Å². The predicted molar refractivity (Wildman–Crippen MR) is 112 cm³/mol. The van der Waals surface area contributed by atoms with E-state index in [4.69, 9.17) is 10.2 Å². The maximum absolute atomic E-state index is 9.42. The minimum absolute atomic E-state index is 0.301. The molecule has 0 aromatic carbocycles. The molecule has 0 aliphatic heterocycles. The zero-order valence-electron chi connectivity index (χ0n) is 17.2. The number of aryl methyl sites for hydroxylation is 1. The van der Waals surface area contributed by atoms with Crippen LogP contribution in [0.15, 0.2) is 43.2 Å². The van der Waals surface area contributed by atoms with Gasteiger partial charge in [-0.2, -0.15) is 25.8 Å². The number of rotatable bonds is 6. The minimum atomic E-state index is -0.301. The molecule has 9 heteroatoms. The Labute approximate surface area is 179 Å². The fourth-order valence-electron chi connectivity index (χ4n) is 4.58. The van der Waals surface area contributed by atoms with Crippen LogP contribution in [-0.4, -0.2) is 34.2 Å². The van der Waals surface area contributed by atoms with Gasteiger partial charge in [-0.25, -0.2) is 9.50 Å². The van der Waals surface area contributed by atoms with Crippen molar-refractivity contribution in [1.82, 2.24) is 34.2 Å². The molecule has 1 aliphatic rings. The van der Waals surface area contributed by atoms with Crippen molar-refractivity contribution >= 4 is 5.52 Å². The molecule has 0 radical (unpaired) electrons. The summed E-state index contributed by atoms with van der Waals surface area (Å²) < 4.78 is 5.49. The first-order chi connectivity index (χ1) is 15.1. The van der Waals surface area contributed by atoms with E-state index in [9.17, 15) is 5.26 Å². The summed E-state index contributed by atoms with van der Waals surface area (Å²) in [4.78, 5) is 4.90. The van der Waals surface area contributed by atoms with E-state index in [-0.39, 0.29) is 5.54 Å². The Kier molecular flexibility index (Phi) is 4.52. The van der Waals surface area contributed by atoms with Gasteiger partial charge in [0, 0.05) is 37.0 Å². The van der Waals surface area contributed by atoms with Gasteiger partial charge in [0.1, 0.15) is 0 Å². The van der Waals surface area contributed by atoms with E-state index >= 15 is 0 Å². The van der Waals surface area contributed by atoms with Crippen molar-refractivity contribution in [3.63, 3.8) is 0 Å². The zero-order valence-corrected chi connectivity index (χ0v) is 17.2. The van der Waals surface area contributed by atoms with Gasteiger partial charge in [-0.05, 0) is 31.2 Å². The third-order valence-electron chi connectivity index (χ3n) is 6.14. The first-order valence-corrected chi connectivity index (χ1v) is 10.2. The summed E-state index contributed by atoms with van der Waals surface area (Å²) in [6.07, 6.45) is 14.7. The van der Waals surface area contributed by atoms with Crippen LogP contribution in [0.3, 0.4) is 0 Å². The summed E-state index contributed by atoms with van der Waals surface area (Å²) >= 11 is 0. The highest BCUT2D eigenvalue weighted by molar-refractivity contribution is 5.78. The molecule has 4 heterocycles. The van der Waals surface area contributed by atoms with Crippen molar-refractivity contribution < 1.29 is 0 Å². The summed E-state index contributed by atoms with van der Waals surface area (Å²) in [6.45, 7) is 0. The number of fused-ring (bicyclic) bond motifs is 1. The van der Waals surface area contributed by atoms with Gasteiger partial charge in [-0.15, -0.1) is 0 Å². The number of aromatic nitrogens is 7. The second kappa shape index (κ2) is 7.37. The van der Waals surface area contributed by atoms with Gasteiger partial charge in [-0.3, -0.25) is 9.36 Å². The van der Waals surface area contributed by atoms with Gasteiger partial charge in [0.2, 0.25) is 0 Å². The Morgan fingerprint density at radius 2 is 1.90 bits per heavy atom. The third kappa shape index (κ3) is 3.24. The first-order valence-electron chi connectivity index (χ1n) is 10.2. The van der Waals surface area contributed by atoms with Crippen LogP contribution >= 0.6 is 0 Å². The van der Waals surface area contributed by atoms with Gasteiger partial charge < -0.3 is 0 Å². The molecule has 0 spiro atoms. The lowest BCUT2D eigenvalue weighted by molar-refractivity contribution is 0.0528. The minimum Gasteiger partial charge on any atom is -0.275 e. The highest BCUT2D eigenvalue weighted by Gasteiger charge is 2.46. The van der Waals surface area contributed by atoms with E-state index in [1.807, 2.05) is 47.1 Å². The van der Waals surface area contributed by atoms with Crippen LogP contribution in [0.25, 0.3) is 28.0 Å². The molecule has 1 fully saturated rings. The molecule has 1 saturated carbocycles. The molecule has 4 aromatic rings. The van der Waals surface area contributed by atoms with Crippen LogP contribution < -0.4 is 0 Å². The lowest BCUT2D eigenvalue weighted by Gasteiger charge is -2.46. The molecule has 0 amide bonds. The standard InChI is InChI=1S/C22H21N9/c1-29-13-17(11-26-29)19-15-30-20(4-8-25-30)21(28-19)18-12-27-31(14-18)22(5-7-24)9-16(10-22)3-2-6-23/h4,8,11-16H,2-3,5,9-10H2,1H3/t16-,22-. The Morgan fingerprint density at radius 3 is 2.65 bits per heavy atom. The van der Waals surface area contributed by atoms with E-state index in [1.54, 1.807) is 17.1 Å². The Hall–Kier alpha value is -3.98. The fourth-order valence-corrected chi connectivity index (χ4v) is 4.58. The third-order valence-corrected chi connectivity index (χ3v) is 6.14. The molecule has 0 atom stereocenters. The molecule has 0 N–H and O–H groups in total. The molecule has 154 valence electrons. The van der Waals surface area contributed by atoms with Crippen LogP contribution in [0.1, 0.15) is 32.1 Å². The normalized spacial score (nSPS) is 20.3. The summed E-state index contributed by atoms with van der Waals surface area (Å²) in [6, 6.07) is 6.47. The molecule has 0 unspecified atom stereocenters. The van der Waals surface area contributed by atoms with Crippen molar-refractivity contribution in [2.75, 3.05) is 0 Å². The van der Waals surface area contributed by atoms with Crippen molar-refractivity contribution in [1.29, 1.82) is 10.5 Å². The largest absolute Gasteiger partial charge is 0.275 e. The second-order valence-electron chi connectivity index (χ2n) is 8.24. The number of hydrogen-bond donors (Lipinski definition) is 0. The molecule has 5 rings (SSSR count). The van der Waals surface area contributed by atoms with Gasteiger partial charge in [0.25, 0.3) is 0 Å². The zero-order chi connectivity index (χ0) is 21.4. The van der Waals surface area contributed by atoms with Crippen LogP contribution in [0.4, 0.5) is 0 Å². The maximum Gasteiger partial charge on any atom is 0.0999 e. The molecule has 0 bridgehead atoms. The monoisotopic (exact) mass is 411 g/mol. The maximum atomic E-state index is 9.42. The number of nitrogens with zero attached hydrogens (tertiary/aromatic N) is 9. The topological polar surface area (TPSA) is 113 Å². The highest BCUT2D eigenvalue weighted by Crippen LogP contribution is 2.48. The van der Waals surface area contributed by atoms with Crippen molar-refractivity contribution in [2.24, 2.45) is 13.0 Å². The van der Waals surface area contributed by atoms with E-state index < -0.39 is 0 Å². The van der Waals surface area contributed by atoms with Gasteiger partial charge in [0.15, 0.2) is 0 Å². The Balaban J connectivity index is 1.52. The molecule has 31 heavy (non-hydrogen) atoms. The van der Waals surface area contributed by atoms with Crippen molar-refractivity contribution in [3.05, 3.63) is 43.2 Å². The van der Waals surface area contributed by atoms with Gasteiger partial charge >= 0.3 is 0 Å². The number of nitriles is 2. The highest BCUT2D eigenvalue weighted by atomic mass is 15.3. The Morgan fingerprint density at radius 1 is 1.06 bits per heavy atom. The summed E-state index contributed by atoms with van der Waals surface area (Å²) in [5, 5.41) is 31.5. The van der Waals surface area contributed by atoms with E-state index in [0.717, 1.165) is 47.3 Å². The smallest absolute Gasteiger partial charge is 0.0999 e. The lowest BCUT2D eigenvalue weighted by Crippen LogP contribution is -2.46. The van der Waals surface area contributed by atoms with Crippen LogP contribution in [0.2, 0.25) is 0 Å². The lowest BCUT2D eigenvalue weighted by atomic mass is 9.65. The molecule has 4 aromatic heterocycles. The van der Waals surface area contributed by atoms with Crippen molar-refractivity contribution in [3.8, 4) is 34.7 Å². The number of hydrogen-bond acceptors (Lipinski definition) is 6. The van der Waals surface area contributed by atoms with Gasteiger partial charge in [-0.1, -0.05) is 0 Å².